The van der Waals surface area contributed by atoms with Gasteiger partial charge in [0, 0.05) is 17.7 Å². The first-order valence-electron chi connectivity index (χ1n) is 4.58. The maximum Gasteiger partial charge on any atom is 0.269 e. The molecule has 1 heterocycles. The maximum absolute atomic E-state index is 10.4. The SMILES string of the molecule is C[N+]1(C)CC1c1ccc([N+](=O)[O-])cc1. The third kappa shape index (κ3) is 1.48. The van der Waals surface area contributed by atoms with Crippen molar-refractivity contribution in [2.75, 3.05) is 20.6 Å². The summed E-state index contributed by atoms with van der Waals surface area (Å²) < 4.78 is 0.984. The van der Waals surface area contributed by atoms with Crippen molar-refractivity contribution < 1.29 is 9.41 Å². The van der Waals surface area contributed by atoms with Crippen LogP contribution in [0, 0.1) is 10.1 Å². The molecule has 0 radical (unpaired) electrons. The molecule has 14 heavy (non-hydrogen) atoms. The minimum atomic E-state index is -0.364. The summed E-state index contributed by atoms with van der Waals surface area (Å²) in [6, 6.07) is 7.39. The topological polar surface area (TPSA) is 43.1 Å². The van der Waals surface area contributed by atoms with Crippen LogP contribution in [0.1, 0.15) is 11.6 Å². The molecule has 1 aliphatic rings. The van der Waals surface area contributed by atoms with Crippen LogP contribution in [0.3, 0.4) is 0 Å². The fourth-order valence-electron chi connectivity index (χ4n) is 1.73. The normalized spacial score (nSPS) is 23.1. The lowest BCUT2D eigenvalue weighted by Gasteiger charge is -2.05. The third-order valence-corrected chi connectivity index (χ3v) is 2.84. The Balaban J connectivity index is 2.20. The van der Waals surface area contributed by atoms with Crippen LogP contribution >= 0.6 is 0 Å². The van der Waals surface area contributed by atoms with Crippen LogP contribution in [0.25, 0.3) is 0 Å². The van der Waals surface area contributed by atoms with Gasteiger partial charge >= 0.3 is 0 Å². The summed E-state index contributed by atoms with van der Waals surface area (Å²) in [6.45, 7) is 1.12. The number of benzene rings is 1. The molecule has 2 rings (SSSR count). The highest BCUT2D eigenvalue weighted by molar-refractivity contribution is 5.34. The van der Waals surface area contributed by atoms with Gasteiger partial charge in [-0.25, -0.2) is 0 Å². The van der Waals surface area contributed by atoms with Gasteiger partial charge in [0.1, 0.15) is 6.54 Å². The van der Waals surface area contributed by atoms with Gasteiger partial charge in [-0.2, -0.15) is 0 Å². The van der Waals surface area contributed by atoms with Gasteiger partial charge in [-0.3, -0.25) is 10.1 Å². The second-order valence-electron chi connectivity index (χ2n) is 4.33. The molecule has 1 unspecified atom stereocenters. The Morgan fingerprint density at radius 3 is 2.21 bits per heavy atom. The molecule has 1 aliphatic heterocycles. The van der Waals surface area contributed by atoms with Crippen molar-refractivity contribution in [3.05, 3.63) is 39.9 Å². The fraction of sp³-hybridized carbons (Fsp3) is 0.400. The zero-order chi connectivity index (χ0) is 10.3. The highest BCUT2D eigenvalue weighted by Crippen LogP contribution is 2.40. The number of likely N-dealkylation sites (N-methyl/N-ethyl adjacent to an activating group) is 1. The van der Waals surface area contributed by atoms with E-state index >= 15 is 0 Å². The number of hydrogen-bond donors (Lipinski definition) is 0. The van der Waals surface area contributed by atoms with E-state index in [-0.39, 0.29) is 10.6 Å². The first-order chi connectivity index (χ1) is 6.50. The van der Waals surface area contributed by atoms with Crippen molar-refractivity contribution in [2.45, 2.75) is 6.04 Å². The zero-order valence-electron chi connectivity index (χ0n) is 8.30. The van der Waals surface area contributed by atoms with Crippen LogP contribution in [0.4, 0.5) is 5.69 Å². The molecule has 1 aromatic carbocycles. The monoisotopic (exact) mass is 193 g/mol. The van der Waals surface area contributed by atoms with Crippen LogP contribution in [0.5, 0.6) is 0 Å². The van der Waals surface area contributed by atoms with Crippen LogP contribution in [-0.4, -0.2) is 30.0 Å². The van der Waals surface area contributed by atoms with Crippen LogP contribution < -0.4 is 0 Å². The van der Waals surface area contributed by atoms with Crippen molar-refractivity contribution >= 4 is 5.69 Å². The predicted octanol–water partition coefficient (Wildman–Crippen LogP) is 1.73. The second-order valence-corrected chi connectivity index (χ2v) is 4.33. The van der Waals surface area contributed by atoms with Crippen LogP contribution in [0.2, 0.25) is 0 Å². The Bertz CT molecular complexity index is 370. The number of hydrogen-bond acceptors (Lipinski definition) is 2. The Labute approximate surface area is 82.5 Å². The second kappa shape index (κ2) is 2.78. The van der Waals surface area contributed by atoms with Crippen LogP contribution in [0.15, 0.2) is 24.3 Å². The van der Waals surface area contributed by atoms with Crippen molar-refractivity contribution in [1.82, 2.24) is 0 Å². The average Bonchev–Trinajstić information content (AvgIpc) is 2.75. The lowest BCUT2D eigenvalue weighted by molar-refractivity contribution is -0.772. The first-order valence-corrected chi connectivity index (χ1v) is 4.58. The Kier molecular flexibility index (Phi) is 1.82. The minimum Gasteiger partial charge on any atom is -0.312 e. The van der Waals surface area contributed by atoms with Gasteiger partial charge < -0.3 is 4.48 Å². The van der Waals surface area contributed by atoms with E-state index in [9.17, 15) is 10.1 Å². The summed E-state index contributed by atoms with van der Waals surface area (Å²) in [4.78, 5) is 10.1. The molecule has 0 N–H and O–H groups in total. The highest BCUT2D eigenvalue weighted by Gasteiger charge is 2.48. The molecular weight excluding hydrogens is 180 g/mol. The highest BCUT2D eigenvalue weighted by atomic mass is 16.6. The third-order valence-electron chi connectivity index (χ3n) is 2.84. The molecule has 4 nitrogen and oxygen atoms in total. The fourth-order valence-corrected chi connectivity index (χ4v) is 1.73. The van der Waals surface area contributed by atoms with E-state index in [1.165, 1.54) is 5.56 Å². The quantitative estimate of drug-likeness (QED) is 0.310. The van der Waals surface area contributed by atoms with E-state index in [1.807, 2.05) is 12.1 Å². The van der Waals surface area contributed by atoms with E-state index in [0.717, 1.165) is 11.0 Å². The molecule has 4 heteroatoms. The van der Waals surface area contributed by atoms with Gasteiger partial charge in [0.05, 0.1) is 19.0 Å². The van der Waals surface area contributed by atoms with Crippen molar-refractivity contribution in [2.24, 2.45) is 0 Å². The Morgan fingerprint density at radius 1 is 1.36 bits per heavy atom. The van der Waals surface area contributed by atoms with Gasteiger partial charge in [-0.1, -0.05) is 0 Å². The predicted molar refractivity (Wildman–Crippen MR) is 52.8 cm³/mol. The standard InChI is InChI=1S/C10H13N2O2/c1-12(2)7-10(12)8-3-5-9(6-4-8)11(13)14/h3-6,10H,7H2,1-2H3/q+1. The summed E-state index contributed by atoms with van der Waals surface area (Å²) in [5.41, 5.74) is 1.36. The molecule has 0 amide bonds. The van der Waals surface area contributed by atoms with Crippen molar-refractivity contribution in [1.29, 1.82) is 0 Å². The smallest absolute Gasteiger partial charge is 0.269 e. The van der Waals surface area contributed by atoms with Gasteiger partial charge in [-0.15, -0.1) is 0 Å². The molecule has 0 spiro atoms. The van der Waals surface area contributed by atoms with Gasteiger partial charge in [0.25, 0.3) is 5.69 Å². The van der Waals surface area contributed by atoms with E-state index in [4.69, 9.17) is 0 Å². The summed E-state index contributed by atoms with van der Waals surface area (Å²) in [5.74, 6) is 0. The number of quaternary nitrogens is 1. The molecule has 0 bridgehead atoms. The van der Waals surface area contributed by atoms with Crippen molar-refractivity contribution in [3.8, 4) is 0 Å². The number of nitro groups is 1. The number of nitro benzene ring substituents is 1. The van der Waals surface area contributed by atoms with Crippen molar-refractivity contribution in [3.63, 3.8) is 0 Å². The molecule has 1 aromatic rings. The van der Waals surface area contributed by atoms with Gasteiger partial charge in [-0.05, 0) is 12.1 Å². The average molecular weight is 193 g/mol. The number of nitrogens with zero attached hydrogens (tertiary/aromatic N) is 2. The van der Waals surface area contributed by atoms with E-state index in [2.05, 4.69) is 14.1 Å². The van der Waals surface area contributed by atoms with E-state index < -0.39 is 0 Å². The van der Waals surface area contributed by atoms with Gasteiger partial charge in [0.2, 0.25) is 0 Å². The molecule has 1 saturated heterocycles. The lowest BCUT2D eigenvalue weighted by Crippen LogP contribution is -2.12. The Hall–Kier alpha value is -1.42. The first kappa shape index (κ1) is 9.15. The maximum atomic E-state index is 10.4. The molecule has 0 saturated carbocycles. The summed E-state index contributed by atoms with van der Waals surface area (Å²) >= 11 is 0. The zero-order valence-corrected chi connectivity index (χ0v) is 8.30. The van der Waals surface area contributed by atoms with Gasteiger partial charge in [0.15, 0.2) is 6.04 Å². The largest absolute Gasteiger partial charge is 0.312 e. The number of rotatable bonds is 2. The van der Waals surface area contributed by atoms with E-state index in [1.54, 1.807) is 12.1 Å². The molecule has 1 fully saturated rings. The molecule has 1 atom stereocenters. The molecule has 0 aromatic heterocycles. The number of non-ortho nitro benzene ring substituents is 1. The molecule has 0 aliphatic carbocycles. The molecule has 74 valence electrons. The summed E-state index contributed by atoms with van der Waals surface area (Å²) in [7, 11) is 4.32. The van der Waals surface area contributed by atoms with Crippen LogP contribution in [-0.2, 0) is 0 Å². The summed E-state index contributed by atoms with van der Waals surface area (Å²) in [5, 5.41) is 10.4. The van der Waals surface area contributed by atoms with E-state index in [0.29, 0.717) is 6.04 Å². The molecular formula is C10H13N2O2+. The lowest BCUT2D eigenvalue weighted by atomic mass is 10.1. The Morgan fingerprint density at radius 2 is 1.86 bits per heavy atom. The minimum absolute atomic E-state index is 0.166. The summed E-state index contributed by atoms with van der Waals surface area (Å²) in [6.07, 6.45) is 0.